The number of thiophene rings is 1. The first kappa shape index (κ1) is 14.5. The molecule has 1 aliphatic carbocycles. The van der Waals surface area contributed by atoms with E-state index in [1.807, 2.05) is 11.3 Å². The molecule has 2 N–H and O–H groups in total. The van der Waals surface area contributed by atoms with Crippen LogP contribution in [0.25, 0.3) is 0 Å². The zero-order valence-electron chi connectivity index (χ0n) is 11.9. The number of hydrogen-bond acceptors (Lipinski definition) is 3. The number of rotatable bonds is 6. The van der Waals surface area contributed by atoms with E-state index in [1.165, 1.54) is 35.4 Å². The molecular weight excluding hydrogens is 256 g/mol. The van der Waals surface area contributed by atoms with E-state index in [0.717, 1.165) is 6.42 Å². The van der Waals surface area contributed by atoms with E-state index >= 15 is 0 Å². The lowest BCUT2D eigenvalue weighted by Gasteiger charge is -2.15. The Hall–Kier alpha value is -0.870. The second-order valence-electron chi connectivity index (χ2n) is 5.55. The SMILES string of the molecule is Cc1ccc(CC(C)NC(=O)CNC2CCCC2)s1. The molecule has 0 bridgehead atoms. The summed E-state index contributed by atoms with van der Waals surface area (Å²) in [4.78, 5) is 14.5. The summed E-state index contributed by atoms with van der Waals surface area (Å²) in [7, 11) is 0. The average Bonchev–Trinajstić information content (AvgIpc) is 2.98. The Bertz CT molecular complexity index is 410. The monoisotopic (exact) mass is 280 g/mol. The molecule has 19 heavy (non-hydrogen) atoms. The molecule has 3 nitrogen and oxygen atoms in total. The Morgan fingerprint density at radius 1 is 1.42 bits per heavy atom. The maximum Gasteiger partial charge on any atom is 0.234 e. The first-order valence-electron chi connectivity index (χ1n) is 7.21. The summed E-state index contributed by atoms with van der Waals surface area (Å²) in [5.41, 5.74) is 0. The lowest BCUT2D eigenvalue weighted by Crippen LogP contribution is -2.42. The van der Waals surface area contributed by atoms with Gasteiger partial charge < -0.3 is 10.6 Å². The maximum absolute atomic E-state index is 11.8. The summed E-state index contributed by atoms with van der Waals surface area (Å²) < 4.78 is 0. The van der Waals surface area contributed by atoms with Gasteiger partial charge in [0.1, 0.15) is 0 Å². The lowest BCUT2D eigenvalue weighted by atomic mass is 10.2. The minimum absolute atomic E-state index is 0.118. The van der Waals surface area contributed by atoms with Crippen LogP contribution in [0.5, 0.6) is 0 Å². The van der Waals surface area contributed by atoms with E-state index in [2.05, 4.69) is 36.6 Å². The summed E-state index contributed by atoms with van der Waals surface area (Å²) in [6, 6.07) is 5.05. The van der Waals surface area contributed by atoms with Gasteiger partial charge in [-0.3, -0.25) is 4.79 Å². The van der Waals surface area contributed by atoms with Crippen molar-refractivity contribution in [2.75, 3.05) is 6.54 Å². The minimum Gasteiger partial charge on any atom is -0.352 e. The summed E-state index contributed by atoms with van der Waals surface area (Å²) in [5, 5.41) is 6.41. The van der Waals surface area contributed by atoms with E-state index in [0.29, 0.717) is 12.6 Å². The molecule has 1 saturated carbocycles. The lowest BCUT2D eigenvalue weighted by molar-refractivity contribution is -0.120. The first-order valence-corrected chi connectivity index (χ1v) is 8.03. The van der Waals surface area contributed by atoms with Crippen LogP contribution < -0.4 is 10.6 Å². The Morgan fingerprint density at radius 3 is 2.79 bits per heavy atom. The topological polar surface area (TPSA) is 41.1 Å². The molecule has 1 heterocycles. The molecule has 106 valence electrons. The fraction of sp³-hybridized carbons (Fsp3) is 0.667. The van der Waals surface area contributed by atoms with Gasteiger partial charge in [0.15, 0.2) is 0 Å². The van der Waals surface area contributed by atoms with Gasteiger partial charge >= 0.3 is 0 Å². The highest BCUT2D eigenvalue weighted by atomic mass is 32.1. The van der Waals surface area contributed by atoms with Gasteiger partial charge in [0.05, 0.1) is 6.54 Å². The Balaban J connectivity index is 1.66. The van der Waals surface area contributed by atoms with Crippen LogP contribution in [0.15, 0.2) is 12.1 Å². The summed E-state index contributed by atoms with van der Waals surface area (Å²) in [6.07, 6.45) is 5.96. The normalized spacial score (nSPS) is 17.6. The predicted molar refractivity (Wildman–Crippen MR) is 80.6 cm³/mol. The number of hydrogen-bond donors (Lipinski definition) is 2. The van der Waals surface area contributed by atoms with Crippen molar-refractivity contribution in [3.63, 3.8) is 0 Å². The third kappa shape index (κ3) is 4.96. The number of aryl methyl sites for hydroxylation is 1. The van der Waals surface area contributed by atoms with Crippen LogP contribution in [-0.2, 0) is 11.2 Å². The van der Waals surface area contributed by atoms with E-state index < -0.39 is 0 Å². The summed E-state index contributed by atoms with van der Waals surface area (Å²) >= 11 is 1.81. The molecule has 0 radical (unpaired) electrons. The number of amides is 1. The molecule has 0 saturated heterocycles. The smallest absolute Gasteiger partial charge is 0.234 e. The van der Waals surface area contributed by atoms with Crippen LogP contribution in [0.4, 0.5) is 0 Å². The predicted octanol–water partition coefficient (Wildman–Crippen LogP) is 2.64. The van der Waals surface area contributed by atoms with Crippen molar-refractivity contribution in [2.24, 2.45) is 0 Å². The molecular formula is C15H24N2OS. The van der Waals surface area contributed by atoms with Crippen molar-refractivity contribution < 1.29 is 4.79 Å². The number of carbonyl (C=O) groups excluding carboxylic acids is 1. The molecule has 0 aromatic carbocycles. The average molecular weight is 280 g/mol. The third-order valence-corrected chi connectivity index (χ3v) is 4.64. The molecule has 1 atom stereocenters. The van der Waals surface area contributed by atoms with E-state index in [-0.39, 0.29) is 11.9 Å². The van der Waals surface area contributed by atoms with E-state index in [4.69, 9.17) is 0 Å². The second-order valence-corrected chi connectivity index (χ2v) is 6.92. The summed E-state index contributed by atoms with van der Waals surface area (Å²) in [5.74, 6) is 0.118. The Kier molecular flexibility index (Phi) is 5.40. The van der Waals surface area contributed by atoms with Gasteiger partial charge in [0.25, 0.3) is 0 Å². The number of carbonyl (C=O) groups is 1. The van der Waals surface area contributed by atoms with Crippen LogP contribution in [0.2, 0.25) is 0 Å². The molecule has 1 unspecified atom stereocenters. The second kappa shape index (κ2) is 7.06. The van der Waals surface area contributed by atoms with Gasteiger partial charge in [-0.25, -0.2) is 0 Å². The first-order chi connectivity index (χ1) is 9.13. The van der Waals surface area contributed by atoms with Crippen molar-refractivity contribution in [3.05, 3.63) is 21.9 Å². The zero-order valence-corrected chi connectivity index (χ0v) is 12.7. The van der Waals surface area contributed by atoms with Crippen LogP contribution in [0.3, 0.4) is 0 Å². The molecule has 1 aromatic rings. The van der Waals surface area contributed by atoms with Gasteiger partial charge in [0.2, 0.25) is 5.91 Å². The highest BCUT2D eigenvalue weighted by Gasteiger charge is 2.16. The highest BCUT2D eigenvalue weighted by Crippen LogP contribution is 2.17. The van der Waals surface area contributed by atoms with Gasteiger partial charge in [-0.2, -0.15) is 0 Å². The molecule has 0 spiro atoms. The number of nitrogens with one attached hydrogen (secondary N) is 2. The van der Waals surface area contributed by atoms with Crippen molar-refractivity contribution in [1.29, 1.82) is 0 Å². The van der Waals surface area contributed by atoms with Gasteiger partial charge in [0, 0.05) is 28.3 Å². The van der Waals surface area contributed by atoms with E-state index in [9.17, 15) is 4.79 Å². The fourth-order valence-electron chi connectivity index (χ4n) is 2.64. The van der Waals surface area contributed by atoms with Crippen LogP contribution >= 0.6 is 11.3 Å². The quantitative estimate of drug-likeness (QED) is 0.841. The van der Waals surface area contributed by atoms with Crippen molar-refractivity contribution in [1.82, 2.24) is 10.6 Å². The highest BCUT2D eigenvalue weighted by molar-refractivity contribution is 7.11. The maximum atomic E-state index is 11.8. The minimum atomic E-state index is 0.118. The van der Waals surface area contributed by atoms with Gasteiger partial charge in [-0.15, -0.1) is 11.3 Å². The Labute approximate surface area is 119 Å². The molecule has 1 amide bonds. The van der Waals surface area contributed by atoms with Crippen molar-refractivity contribution >= 4 is 17.2 Å². The van der Waals surface area contributed by atoms with E-state index in [1.54, 1.807) is 0 Å². The molecule has 0 aliphatic heterocycles. The molecule has 2 rings (SSSR count). The molecule has 1 aliphatic rings. The van der Waals surface area contributed by atoms with Crippen LogP contribution in [0.1, 0.15) is 42.4 Å². The van der Waals surface area contributed by atoms with Gasteiger partial charge in [-0.1, -0.05) is 12.8 Å². The fourth-order valence-corrected chi connectivity index (χ4v) is 3.66. The van der Waals surface area contributed by atoms with Crippen molar-refractivity contribution in [2.45, 2.75) is 58.0 Å². The zero-order chi connectivity index (χ0) is 13.7. The Morgan fingerprint density at radius 2 is 2.16 bits per heavy atom. The largest absolute Gasteiger partial charge is 0.352 e. The summed E-state index contributed by atoms with van der Waals surface area (Å²) in [6.45, 7) is 4.64. The molecule has 1 aromatic heterocycles. The van der Waals surface area contributed by atoms with Gasteiger partial charge in [-0.05, 0) is 38.8 Å². The van der Waals surface area contributed by atoms with Crippen LogP contribution in [0, 0.1) is 6.92 Å². The molecule has 4 heteroatoms. The van der Waals surface area contributed by atoms with Crippen LogP contribution in [-0.4, -0.2) is 24.5 Å². The van der Waals surface area contributed by atoms with Crippen molar-refractivity contribution in [3.8, 4) is 0 Å². The standard InChI is InChI=1S/C15H24N2OS/c1-11(9-14-8-7-12(2)19-14)17-15(18)10-16-13-5-3-4-6-13/h7-8,11,13,16H,3-6,9-10H2,1-2H3,(H,17,18). The third-order valence-electron chi connectivity index (χ3n) is 3.62. The molecule has 1 fully saturated rings.